The first-order chi connectivity index (χ1) is 56.7. The number of aromatic hydroxyl groups is 1. The number of fused-ring (bicyclic) bond motifs is 1. The number of benzene rings is 6. The third-order valence-corrected chi connectivity index (χ3v) is 21.1. The predicted octanol–water partition coefficient (Wildman–Crippen LogP) is 1.10. The molecule has 10 rings (SSSR count). The molecule has 7 aromatic rings. The summed E-state index contributed by atoms with van der Waals surface area (Å²) in [6.07, 6.45) is -5.54. The second-order valence-corrected chi connectivity index (χ2v) is 30.9. The average molecular weight is 1620 g/mol. The van der Waals surface area contributed by atoms with Crippen LogP contribution in [-0.2, 0) is 107 Å². The Kier molecular flexibility index (Phi) is 32.2. The summed E-state index contributed by atoms with van der Waals surface area (Å²) in [5.74, 6) is -11.2. The van der Waals surface area contributed by atoms with E-state index in [4.69, 9.17) is 20.9 Å². The van der Waals surface area contributed by atoms with Gasteiger partial charge in [-0.05, 0) is 102 Å². The molecule has 6 aromatic carbocycles. The van der Waals surface area contributed by atoms with Gasteiger partial charge in [-0.3, -0.25) is 52.7 Å². The molecule has 118 heavy (non-hydrogen) atoms. The van der Waals surface area contributed by atoms with Crippen molar-refractivity contribution in [3.05, 3.63) is 210 Å². The van der Waals surface area contributed by atoms with Gasteiger partial charge in [0, 0.05) is 58.5 Å². The highest BCUT2D eigenvalue weighted by Crippen LogP contribution is 2.27. The minimum atomic E-state index is -1.92. The first kappa shape index (κ1) is 88.6. The first-order valence-electron chi connectivity index (χ1n) is 39.9. The van der Waals surface area contributed by atoms with Crippen molar-refractivity contribution in [2.75, 3.05) is 20.2 Å². The molecule has 3 fully saturated rings. The summed E-state index contributed by atoms with van der Waals surface area (Å²) in [5.41, 5.74) is 16.9. The predicted molar refractivity (Wildman–Crippen MR) is 435 cm³/mol. The zero-order valence-electron chi connectivity index (χ0n) is 66.8. The van der Waals surface area contributed by atoms with E-state index in [0.717, 1.165) is 16.7 Å². The first-order valence-corrected chi connectivity index (χ1v) is 39.9. The van der Waals surface area contributed by atoms with Crippen molar-refractivity contribution >= 4 is 65.0 Å². The molecule has 0 aliphatic carbocycles. The summed E-state index contributed by atoms with van der Waals surface area (Å²) in [6.45, 7) is 7.01. The molecule has 0 unspecified atom stereocenters. The molecular formula is C86H108N16O16. The molecule has 3 aliphatic heterocycles. The minimum Gasteiger partial charge on any atom is -0.508 e. The summed E-state index contributed by atoms with van der Waals surface area (Å²) >= 11 is 0. The highest BCUT2D eigenvalue weighted by Gasteiger charge is 2.46. The molecule has 1 aromatic heterocycles. The molecule has 0 bridgehead atoms. The van der Waals surface area contributed by atoms with Crippen molar-refractivity contribution in [2.24, 2.45) is 23.3 Å². The lowest BCUT2D eigenvalue weighted by molar-refractivity contribution is -0.260. The molecule has 32 nitrogen and oxygen atoms in total. The Labute approximate surface area is 684 Å². The third kappa shape index (κ3) is 25.1. The maximum Gasteiger partial charge on any atom is 0.246 e. The summed E-state index contributed by atoms with van der Waals surface area (Å²) in [6, 6.07) is 33.2. The van der Waals surface area contributed by atoms with E-state index >= 15 is 33.6 Å². The number of aromatic nitrogens is 3. The third-order valence-electron chi connectivity index (χ3n) is 21.1. The Bertz CT molecular complexity index is 4530. The van der Waals surface area contributed by atoms with Crippen LogP contribution in [0.5, 0.6) is 5.75 Å². The Balaban J connectivity index is 0.999. The van der Waals surface area contributed by atoms with Gasteiger partial charge in [0.05, 0.1) is 24.7 Å². The molecule has 11 amide bonds. The van der Waals surface area contributed by atoms with Crippen LogP contribution in [-0.4, -0.2) is 211 Å². The second-order valence-electron chi connectivity index (χ2n) is 30.9. The van der Waals surface area contributed by atoms with Crippen LogP contribution in [0.3, 0.4) is 0 Å². The largest absolute Gasteiger partial charge is 0.508 e. The van der Waals surface area contributed by atoms with Crippen LogP contribution in [0.25, 0.3) is 11.1 Å². The number of nitrogens with two attached hydrogens (primary N) is 2. The van der Waals surface area contributed by atoms with Crippen molar-refractivity contribution in [2.45, 2.75) is 202 Å². The fourth-order valence-electron chi connectivity index (χ4n) is 14.7. The van der Waals surface area contributed by atoms with Crippen LogP contribution in [0.15, 0.2) is 176 Å². The van der Waals surface area contributed by atoms with E-state index in [1.165, 1.54) is 47.2 Å². The number of methoxy groups -OCH3 is 1. The highest BCUT2D eigenvalue weighted by molar-refractivity contribution is 6.01. The number of ether oxygens (including phenoxy) is 2. The van der Waals surface area contributed by atoms with Gasteiger partial charge in [-0.2, -0.15) is 0 Å². The minimum absolute atomic E-state index is 0.0113. The lowest BCUT2D eigenvalue weighted by Crippen LogP contribution is -2.63. The van der Waals surface area contributed by atoms with Gasteiger partial charge >= 0.3 is 0 Å². The monoisotopic (exact) mass is 1620 g/mol. The fourth-order valence-corrected chi connectivity index (χ4v) is 14.7. The molecule has 32 heteroatoms. The number of rotatable bonds is 25. The lowest BCUT2D eigenvalue weighted by atomic mass is 9.96. The number of carbonyl (C=O) groups is 11. The van der Waals surface area contributed by atoms with Crippen LogP contribution in [0.1, 0.15) is 99.7 Å². The van der Waals surface area contributed by atoms with E-state index in [9.17, 15) is 34.5 Å². The van der Waals surface area contributed by atoms with Gasteiger partial charge in [0.25, 0.3) is 0 Å². The fraction of sp³-hybridized carbons (Fsp3) is 0.430. The number of nitrogens with zero attached hydrogens (tertiary/aromatic N) is 4. The molecule has 3 aliphatic rings. The summed E-state index contributed by atoms with van der Waals surface area (Å²) in [4.78, 5) is 166. The van der Waals surface area contributed by atoms with Crippen LogP contribution in [0, 0.1) is 11.8 Å². The van der Waals surface area contributed by atoms with Gasteiger partial charge in [-0.25, -0.2) is 4.68 Å². The lowest BCUT2D eigenvalue weighted by Gasteiger charge is -2.42. The van der Waals surface area contributed by atoms with Crippen molar-refractivity contribution in [3.8, 4) is 16.9 Å². The summed E-state index contributed by atoms with van der Waals surface area (Å²) in [5, 5.41) is 70.4. The highest BCUT2D eigenvalue weighted by atomic mass is 16.7. The maximum absolute atomic E-state index is 15.5. The van der Waals surface area contributed by atoms with E-state index in [2.05, 4.69) is 63.5 Å². The van der Waals surface area contributed by atoms with Gasteiger partial charge in [-0.1, -0.05) is 191 Å². The Morgan fingerprint density at radius 3 is 1.52 bits per heavy atom. The van der Waals surface area contributed by atoms with Crippen LogP contribution < -0.4 is 64.6 Å². The molecule has 0 radical (unpaired) electrons. The zero-order chi connectivity index (χ0) is 84.5. The number of nitrogens with one attached hydrogen (secondary N) is 10. The van der Waals surface area contributed by atoms with Gasteiger partial charge < -0.3 is 94.3 Å². The Hall–Kier alpha value is -11.8. The zero-order valence-corrected chi connectivity index (χ0v) is 66.8. The number of phenolic OH excluding ortho intramolecular Hbond substituents is 1. The van der Waals surface area contributed by atoms with Gasteiger partial charge in [-0.15, -0.1) is 5.10 Å². The number of amides is 11. The Morgan fingerprint density at radius 1 is 0.534 bits per heavy atom. The number of phenols is 1. The van der Waals surface area contributed by atoms with Crippen molar-refractivity contribution in [3.63, 3.8) is 0 Å². The SMILES string of the molecule is CO[C@@H]1O[C@H](Cn2cc(C[C@@H]3NC(=O)[C@H](CC(N)=O)NC(=O)[C@@H](Cc4ccccc4)NC(=O)[C@H](Cc4ccccc4)NC(=O)[C@@H]4CCCN4C(=O)[C@@H](Cc4ccccc4)NC(=O)[C@H](CC(C)C)NC(=O)[C@H](CCCN)NC(=O)[C@H](C(C)C)NC(=O)[C@H](Cc4ccc(O)cc4)NC3=O)nn2)[C@@H](O)[C@H](O)[C@H]1NCc1ccc(-c2ccccc2)cc1. The standard InChI is InChI=1S/C86H108N16O16/c1-50(2)40-62-77(108)97-68(44-54-24-14-8-15-25-54)85(116)102-39-19-29-69(102)83(114)96-64(42-53-22-12-7-13-23-53)79(110)92-63(41-52-20-10-6-11-21-52)78(109)95-67(46-71(88)104)81(112)94-66(80(111)93-65(43-55-32-36-60(103)37-33-55)82(113)98-72(51(3)4)84(115)90-61(28-18-38-87)76(107)91-62)45-59-48-101(100-99-59)49-70-74(105)75(106)73(86(117-5)118-70)89-47-56-30-34-58(35-31-56)57-26-16-9-17-27-57/h6-17,20-27,30-37,48,50-51,61-70,72-75,86,89,103,105-106H,18-19,28-29,38-47,49,87H2,1-5H3,(H2,88,104)(H,90,115)(H,91,107)(H,92,110)(H,93,111)(H,94,112)(H,95,109)(H,96,114)(H,97,108)(H,98,113)/t61-,62-,63+,64-,65-,66-,67-,68+,69-,70+,72-,73+,74+,75+,86+/m0/s1. The molecular weight excluding hydrogens is 1510 g/mol. The Morgan fingerprint density at radius 2 is 0.983 bits per heavy atom. The number of hydrogen-bond acceptors (Lipinski definition) is 20. The summed E-state index contributed by atoms with van der Waals surface area (Å²) < 4.78 is 13.2. The number of aliphatic hydroxyl groups is 2. The van der Waals surface area contributed by atoms with Crippen LogP contribution in [0.2, 0.25) is 0 Å². The quantitative estimate of drug-likeness (QED) is 0.0381. The smallest absolute Gasteiger partial charge is 0.246 e. The van der Waals surface area contributed by atoms with Gasteiger partial charge in [0.15, 0.2) is 6.29 Å². The van der Waals surface area contributed by atoms with Crippen LogP contribution >= 0.6 is 0 Å². The number of primary amides is 1. The average Bonchev–Trinajstić information content (AvgIpc) is 1.12. The van der Waals surface area contributed by atoms with Crippen LogP contribution in [0.4, 0.5) is 0 Å². The van der Waals surface area contributed by atoms with Crippen molar-refractivity contribution in [1.29, 1.82) is 0 Å². The van der Waals surface area contributed by atoms with Crippen molar-refractivity contribution in [1.82, 2.24) is 73.1 Å². The topological polar surface area (TPSA) is 473 Å². The molecule has 4 heterocycles. The molecule has 15 atom stereocenters. The van der Waals surface area contributed by atoms with Gasteiger partial charge in [0.2, 0.25) is 65.0 Å². The molecule has 628 valence electrons. The van der Waals surface area contributed by atoms with Gasteiger partial charge in [0.1, 0.15) is 84.5 Å². The number of hydrogen-bond donors (Lipinski definition) is 15. The molecule has 17 N–H and O–H groups in total. The normalized spacial score (nSPS) is 25.2. The number of aliphatic hydroxyl groups excluding tert-OH is 2. The molecule has 3 saturated heterocycles. The number of carbonyl (C=O) groups excluding carboxylic acids is 11. The van der Waals surface area contributed by atoms with Crippen molar-refractivity contribution < 1.29 is 77.5 Å². The van der Waals surface area contributed by atoms with E-state index in [1.807, 2.05) is 68.4 Å². The van der Waals surface area contributed by atoms with E-state index in [0.29, 0.717) is 28.7 Å². The van der Waals surface area contributed by atoms with E-state index in [1.54, 1.807) is 105 Å². The second kappa shape index (κ2) is 42.9. The van der Waals surface area contributed by atoms with E-state index < -0.39 is 175 Å². The molecule has 0 saturated carbocycles. The maximum atomic E-state index is 15.5. The summed E-state index contributed by atoms with van der Waals surface area (Å²) in [7, 11) is 1.38. The van der Waals surface area contributed by atoms with E-state index in [-0.39, 0.29) is 94.9 Å². The molecule has 0 spiro atoms.